The van der Waals surface area contributed by atoms with Crippen LogP contribution < -0.4 is 10.9 Å². The van der Waals surface area contributed by atoms with Crippen LogP contribution in [0.15, 0.2) is 58.5 Å². The number of nitrogens with zero attached hydrogens (tertiary/aromatic N) is 3. The summed E-state index contributed by atoms with van der Waals surface area (Å²) >= 11 is 7.67. The van der Waals surface area contributed by atoms with Crippen molar-refractivity contribution in [2.45, 2.75) is 11.6 Å². The smallest absolute Gasteiger partial charge is 0.266 e. The van der Waals surface area contributed by atoms with E-state index in [0.29, 0.717) is 10.4 Å². The van der Waals surface area contributed by atoms with Gasteiger partial charge in [0.25, 0.3) is 5.56 Å². The van der Waals surface area contributed by atoms with E-state index >= 15 is 0 Å². The van der Waals surface area contributed by atoms with E-state index in [9.17, 15) is 4.79 Å². The lowest BCUT2D eigenvalue weighted by Gasteiger charge is -2.26. The largest absolute Gasteiger partial charge is 0.314 e. The van der Waals surface area contributed by atoms with Crippen LogP contribution in [0.3, 0.4) is 0 Å². The van der Waals surface area contributed by atoms with Crippen molar-refractivity contribution in [1.29, 1.82) is 0 Å². The highest BCUT2D eigenvalue weighted by molar-refractivity contribution is 7.99. The average Bonchev–Trinajstić information content (AvgIpc) is 2.73. The summed E-state index contributed by atoms with van der Waals surface area (Å²) < 4.78 is 1.70. The Kier molecular flexibility index (Phi) is 6.32. The average molecular weight is 415 g/mol. The Morgan fingerprint density at radius 2 is 1.82 bits per heavy atom. The van der Waals surface area contributed by atoms with Crippen molar-refractivity contribution in [3.63, 3.8) is 0 Å². The number of fused-ring (bicyclic) bond motifs is 1. The molecule has 0 spiro atoms. The van der Waals surface area contributed by atoms with Crippen LogP contribution in [-0.2, 0) is 0 Å². The van der Waals surface area contributed by atoms with Gasteiger partial charge in [-0.05, 0) is 49.4 Å². The number of para-hydroxylation sites is 1. The molecule has 2 heterocycles. The monoisotopic (exact) mass is 414 g/mol. The van der Waals surface area contributed by atoms with Crippen molar-refractivity contribution in [2.24, 2.45) is 0 Å². The maximum Gasteiger partial charge on any atom is 0.266 e. The lowest BCUT2D eigenvalue weighted by atomic mass is 10.2. The number of aromatic nitrogens is 2. The van der Waals surface area contributed by atoms with Crippen LogP contribution in [0, 0.1) is 0 Å². The Morgan fingerprint density at radius 3 is 2.61 bits per heavy atom. The van der Waals surface area contributed by atoms with E-state index in [-0.39, 0.29) is 5.56 Å². The molecule has 0 unspecified atom stereocenters. The lowest BCUT2D eigenvalue weighted by Crippen LogP contribution is -2.43. The molecule has 5 nitrogen and oxygen atoms in total. The zero-order chi connectivity index (χ0) is 19.3. The van der Waals surface area contributed by atoms with Crippen molar-refractivity contribution in [1.82, 2.24) is 19.8 Å². The van der Waals surface area contributed by atoms with Crippen LogP contribution in [-0.4, -0.2) is 52.9 Å². The van der Waals surface area contributed by atoms with E-state index in [1.165, 1.54) is 0 Å². The van der Waals surface area contributed by atoms with Crippen LogP contribution >= 0.6 is 23.4 Å². The standard InChI is InChI=1S/C21H23ClN4OS/c22-16-6-8-17(9-7-16)26-20(27)18-4-1-2-5-19(18)24-21(26)28-15-3-12-25-13-10-23-11-14-25/h1-2,4-9,23H,3,10-15H2. The van der Waals surface area contributed by atoms with Crippen molar-refractivity contribution in [3.05, 3.63) is 63.9 Å². The Labute approximate surface area is 173 Å². The van der Waals surface area contributed by atoms with E-state index in [0.717, 1.165) is 61.3 Å². The van der Waals surface area contributed by atoms with E-state index in [1.54, 1.807) is 28.5 Å². The van der Waals surface area contributed by atoms with Crippen molar-refractivity contribution < 1.29 is 0 Å². The normalized spacial score (nSPS) is 15.2. The van der Waals surface area contributed by atoms with Gasteiger partial charge in [-0.1, -0.05) is 35.5 Å². The van der Waals surface area contributed by atoms with Gasteiger partial charge in [0.05, 0.1) is 16.6 Å². The molecule has 0 radical (unpaired) electrons. The molecule has 3 aromatic rings. The minimum absolute atomic E-state index is 0.0440. The molecule has 1 N–H and O–H groups in total. The van der Waals surface area contributed by atoms with Crippen LogP contribution in [0.25, 0.3) is 16.6 Å². The van der Waals surface area contributed by atoms with Gasteiger partial charge in [0, 0.05) is 37.0 Å². The lowest BCUT2D eigenvalue weighted by molar-refractivity contribution is 0.242. The molecular weight excluding hydrogens is 392 g/mol. The van der Waals surface area contributed by atoms with Crippen LogP contribution in [0.2, 0.25) is 5.02 Å². The molecule has 4 rings (SSSR count). The highest BCUT2D eigenvalue weighted by Crippen LogP contribution is 2.23. The number of halogens is 1. The molecule has 0 aliphatic carbocycles. The fourth-order valence-electron chi connectivity index (χ4n) is 3.41. The predicted molar refractivity (Wildman–Crippen MR) is 117 cm³/mol. The third kappa shape index (κ3) is 4.41. The summed E-state index contributed by atoms with van der Waals surface area (Å²) in [5, 5.41) is 5.38. The van der Waals surface area contributed by atoms with E-state index in [4.69, 9.17) is 16.6 Å². The van der Waals surface area contributed by atoms with Gasteiger partial charge in [-0.25, -0.2) is 4.98 Å². The van der Waals surface area contributed by atoms with Crippen LogP contribution in [0.4, 0.5) is 0 Å². The third-order valence-electron chi connectivity index (χ3n) is 4.89. The molecule has 146 valence electrons. The van der Waals surface area contributed by atoms with Gasteiger partial charge in [-0.15, -0.1) is 0 Å². The minimum atomic E-state index is -0.0440. The second-order valence-corrected chi connectivity index (χ2v) is 8.32. The SMILES string of the molecule is O=c1c2ccccc2nc(SCCCN2CCNCC2)n1-c1ccc(Cl)cc1. The summed E-state index contributed by atoms with van der Waals surface area (Å²) in [5.41, 5.74) is 1.48. The molecule has 0 saturated carbocycles. The molecule has 7 heteroatoms. The molecule has 1 aromatic heterocycles. The number of nitrogens with one attached hydrogen (secondary N) is 1. The van der Waals surface area contributed by atoms with E-state index < -0.39 is 0 Å². The first-order chi connectivity index (χ1) is 13.7. The molecule has 1 saturated heterocycles. The van der Waals surface area contributed by atoms with Gasteiger partial charge in [-0.2, -0.15) is 0 Å². The Bertz CT molecular complexity index is 999. The van der Waals surface area contributed by atoms with Gasteiger partial charge in [-0.3, -0.25) is 9.36 Å². The number of hydrogen-bond donors (Lipinski definition) is 1. The Balaban J connectivity index is 1.59. The zero-order valence-corrected chi connectivity index (χ0v) is 17.2. The second kappa shape index (κ2) is 9.09. The number of rotatable bonds is 6. The summed E-state index contributed by atoms with van der Waals surface area (Å²) in [6, 6.07) is 14.9. The molecule has 0 bridgehead atoms. The predicted octanol–water partition coefficient (Wildman–Crippen LogP) is 3.43. The van der Waals surface area contributed by atoms with E-state index in [1.807, 2.05) is 36.4 Å². The summed E-state index contributed by atoms with van der Waals surface area (Å²) in [6.07, 6.45) is 1.06. The molecule has 1 aliphatic heterocycles. The molecule has 0 amide bonds. The first-order valence-electron chi connectivity index (χ1n) is 9.56. The van der Waals surface area contributed by atoms with Crippen molar-refractivity contribution in [2.75, 3.05) is 38.5 Å². The number of thioether (sulfide) groups is 1. The number of benzene rings is 2. The molecule has 28 heavy (non-hydrogen) atoms. The molecule has 2 aromatic carbocycles. The summed E-state index contributed by atoms with van der Waals surface area (Å²) in [4.78, 5) is 20.4. The quantitative estimate of drug-likeness (QED) is 0.380. The Hall–Kier alpha value is -1.86. The molecule has 0 atom stereocenters. The summed E-state index contributed by atoms with van der Waals surface area (Å²) in [6.45, 7) is 5.42. The van der Waals surface area contributed by atoms with Gasteiger partial charge >= 0.3 is 0 Å². The maximum absolute atomic E-state index is 13.2. The number of hydrogen-bond acceptors (Lipinski definition) is 5. The first kappa shape index (κ1) is 19.5. The van der Waals surface area contributed by atoms with Gasteiger partial charge < -0.3 is 10.2 Å². The topological polar surface area (TPSA) is 50.2 Å². The molecular formula is C21H23ClN4OS. The van der Waals surface area contributed by atoms with Gasteiger partial charge in [0.2, 0.25) is 0 Å². The summed E-state index contributed by atoms with van der Waals surface area (Å²) in [7, 11) is 0. The second-order valence-electron chi connectivity index (χ2n) is 6.82. The molecule has 1 fully saturated rings. The van der Waals surface area contributed by atoms with Gasteiger partial charge in [0.15, 0.2) is 5.16 Å². The van der Waals surface area contributed by atoms with Crippen LogP contribution in [0.5, 0.6) is 0 Å². The Morgan fingerprint density at radius 1 is 1.07 bits per heavy atom. The maximum atomic E-state index is 13.2. The number of piperazine rings is 1. The minimum Gasteiger partial charge on any atom is -0.314 e. The first-order valence-corrected chi connectivity index (χ1v) is 10.9. The van der Waals surface area contributed by atoms with Crippen molar-refractivity contribution in [3.8, 4) is 5.69 Å². The fraction of sp³-hybridized carbons (Fsp3) is 0.333. The van der Waals surface area contributed by atoms with Crippen LogP contribution in [0.1, 0.15) is 6.42 Å². The fourth-order valence-corrected chi connectivity index (χ4v) is 4.48. The van der Waals surface area contributed by atoms with Crippen molar-refractivity contribution >= 4 is 34.3 Å². The van der Waals surface area contributed by atoms with E-state index in [2.05, 4.69) is 10.2 Å². The van der Waals surface area contributed by atoms with Gasteiger partial charge in [0.1, 0.15) is 0 Å². The molecule has 1 aliphatic rings. The highest BCUT2D eigenvalue weighted by Gasteiger charge is 2.14. The highest BCUT2D eigenvalue weighted by atomic mass is 35.5. The summed E-state index contributed by atoms with van der Waals surface area (Å²) in [5.74, 6) is 0.919. The zero-order valence-electron chi connectivity index (χ0n) is 15.6. The third-order valence-corrected chi connectivity index (χ3v) is 6.17.